The van der Waals surface area contributed by atoms with E-state index in [-0.39, 0.29) is 15.6 Å². The third-order valence-corrected chi connectivity index (χ3v) is 9.32. The predicted molar refractivity (Wildman–Crippen MR) is 107 cm³/mol. The standard InChI is InChI=1S/C19H30N2O3Si/c1-14(2)17-18(21(22)23)15(3)16(13-20-17)11-9-10-12-24-25(7,8)19(4,5)6/h9,11,13H,1,10,12H2,2-8H3. The first-order valence-electron chi connectivity index (χ1n) is 8.49. The fraction of sp³-hybridized carbons (Fsp3) is 0.526. The van der Waals surface area contributed by atoms with Gasteiger partial charge in [0.25, 0.3) is 5.69 Å². The molecule has 0 aromatic carbocycles. The van der Waals surface area contributed by atoms with Gasteiger partial charge in [0.15, 0.2) is 8.32 Å². The van der Waals surface area contributed by atoms with Gasteiger partial charge in [-0.1, -0.05) is 39.5 Å². The third-order valence-electron chi connectivity index (χ3n) is 4.78. The molecule has 0 fully saturated rings. The van der Waals surface area contributed by atoms with E-state index in [9.17, 15) is 10.1 Å². The summed E-state index contributed by atoms with van der Waals surface area (Å²) < 4.78 is 6.13. The van der Waals surface area contributed by atoms with Crippen LogP contribution in [0.1, 0.15) is 50.9 Å². The van der Waals surface area contributed by atoms with Crippen LogP contribution < -0.4 is 0 Å². The maximum atomic E-state index is 11.4. The molecule has 0 aliphatic carbocycles. The molecule has 1 aromatic heterocycles. The van der Waals surface area contributed by atoms with Gasteiger partial charge in [-0.3, -0.25) is 10.1 Å². The minimum atomic E-state index is -1.73. The molecule has 0 bridgehead atoms. The number of nitrogens with zero attached hydrogens (tertiary/aromatic N) is 2. The molecule has 0 spiro atoms. The highest BCUT2D eigenvalue weighted by molar-refractivity contribution is 6.74. The summed E-state index contributed by atoms with van der Waals surface area (Å²) in [5.74, 6) is 0. The van der Waals surface area contributed by atoms with E-state index >= 15 is 0 Å². The molecule has 1 aromatic rings. The van der Waals surface area contributed by atoms with Gasteiger partial charge in [0.2, 0.25) is 0 Å². The Morgan fingerprint density at radius 2 is 2.04 bits per heavy atom. The summed E-state index contributed by atoms with van der Waals surface area (Å²) in [6.45, 7) is 19.0. The highest BCUT2D eigenvalue weighted by atomic mass is 28.4. The molecule has 6 heteroatoms. The first kappa shape index (κ1) is 21.2. The maximum Gasteiger partial charge on any atom is 0.298 e. The molecule has 0 radical (unpaired) electrons. The van der Waals surface area contributed by atoms with E-state index in [1.165, 1.54) is 0 Å². The molecule has 138 valence electrons. The smallest absolute Gasteiger partial charge is 0.298 e. The largest absolute Gasteiger partial charge is 0.417 e. The first-order chi connectivity index (χ1) is 11.4. The van der Waals surface area contributed by atoms with E-state index in [0.29, 0.717) is 23.4 Å². The van der Waals surface area contributed by atoms with Crippen LogP contribution in [0.25, 0.3) is 11.6 Å². The molecule has 1 heterocycles. The molecule has 0 atom stereocenters. The zero-order valence-corrected chi connectivity index (χ0v) is 17.5. The Hall–Kier alpha value is -1.79. The molecule has 0 saturated carbocycles. The Morgan fingerprint density at radius 3 is 2.52 bits per heavy atom. The highest BCUT2D eigenvalue weighted by Crippen LogP contribution is 2.36. The first-order valence-corrected chi connectivity index (χ1v) is 11.4. The lowest BCUT2D eigenvalue weighted by Gasteiger charge is -2.36. The fourth-order valence-electron chi connectivity index (χ4n) is 2.12. The Balaban J connectivity index is 2.84. The summed E-state index contributed by atoms with van der Waals surface area (Å²) in [5, 5.41) is 11.6. The lowest BCUT2D eigenvalue weighted by molar-refractivity contribution is -0.386. The van der Waals surface area contributed by atoms with E-state index in [0.717, 1.165) is 12.0 Å². The number of hydrogen-bond donors (Lipinski definition) is 0. The lowest BCUT2D eigenvalue weighted by atomic mass is 10.0. The summed E-state index contributed by atoms with van der Waals surface area (Å²) in [6, 6.07) is 0. The van der Waals surface area contributed by atoms with Gasteiger partial charge >= 0.3 is 0 Å². The summed E-state index contributed by atoms with van der Waals surface area (Å²) in [6.07, 6.45) is 6.30. The van der Waals surface area contributed by atoms with Crippen LogP contribution in [0.5, 0.6) is 0 Å². The second-order valence-corrected chi connectivity index (χ2v) is 12.7. The van der Waals surface area contributed by atoms with Gasteiger partial charge in [0.1, 0.15) is 5.69 Å². The summed E-state index contributed by atoms with van der Waals surface area (Å²) in [7, 11) is -1.73. The van der Waals surface area contributed by atoms with Crippen molar-refractivity contribution in [3.8, 4) is 0 Å². The van der Waals surface area contributed by atoms with E-state index < -0.39 is 8.32 Å². The molecule has 0 unspecified atom stereocenters. The van der Waals surface area contributed by atoms with Gasteiger partial charge in [-0.15, -0.1) is 0 Å². The number of nitro groups is 1. The average molecular weight is 363 g/mol. The Bertz CT molecular complexity index is 689. The van der Waals surface area contributed by atoms with Crippen LogP contribution in [-0.4, -0.2) is 24.8 Å². The van der Waals surface area contributed by atoms with Crippen molar-refractivity contribution in [1.29, 1.82) is 0 Å². The molecule has 0 amide bonds. The van der Waals surface area contributed by atoms with Crippen LogP contribution in [0.4, 0.5) is 5.69 Å². The van der Waals surface area contributed by atoms with E-state index in [1.54, 1.807) is 20.0 Å². The maximum absolute atomic E-state index is 11.4. The van der Waals surface area contributed by atoms with Crippen molar-refractivity contribution in [2.24, 2.45) is 0 Å². The SMILES string of the molecule is C=C(C)c1ncc(C=CCCO[Si](C)(C)C(C)(C)C)c(C)c1[N+](=O)[O-]. The van der Waals surface area contributed by atoms with E-state index in [2.05, 4.69) is 45.4 Å². The summed E-state index contributed by atoms with van der Waals surface area (Å²) in [4.78, 5) is 15.2. The molecule has 0 aliphatic heterocycles. The Labute approximate surface area is 152 Å². The Kier molecular flexibility index (Phi) is 6.85. The quantitative estimate of drug-likeness (QED) is 0.268. The molecule has 0 N–H and O–H groups in total. The van der Waals surface area contributed by atoms with Crippen LogP contribution >= 0.6 is 0 Å². The molecule has 0 saturated heterocycles. The van der Waals surface area contributed by atoms with E-state index in [1.807, 2.05) is 12.2 Å². The minimum Gasteiger partial charge on any atom is -0.417 e. The number of pyridine rings is 1. The van der Waals surface area contributed by atoms with Gasteiger partial charge in [0, 0.05) is 23.9 Å². The summed E-state index contributed by atoms with van der Waals surface area (Å²) >= 11 is 0. The number of rotatable bonds is 7. The van der Waals surface area contributed by atoms with Gasteiger partial charge in [-0.25, -0.2) is 4.98 Å². The van der Waals surface area contributed by atoms with Crippen molar-refractivity contribution >= 4 is 25.7 Å². The van der Waals surface area contributed by atoms with Gasteiger partial charge in [-0.05, 0) is 44.0 Å². The second kappa shape index (κ2) is 8.06. The number of aromatic nitrogens is 1. The van der Waals surface area contributed by atoms with Crippen molar-refractivity contribution in [3.05, 3.63) is 45.8 Å². The second-order valence-electron chi connectivity index (χ2n) is 7.87. The van der Waals surface area contributed by atoms with Crippen LogP contribution in [0.2, 0.25) is 18.1 Å². The number of hydrogen-bond acceptors (Lipinski definition) is 4. The van der Waals surface area contributed by atoms with Gasteiger partial charge in [0.05, 0.1) is 4.92 Å². The minimum absolute atomic E-state index is 0.0344. The van der Waals surface area contributed by atoms with Crippen LogP contribution in [0.3, 0.4) is 0 Å². The Morgan fingerprint density at radius 1 is 1.44 bits per heavy atom. The van der Waals surface area contributed by atoms with Crippen molar-refractivity contribution < 1.29 is 9.35 Å². The molecule has 1 rings (SSSR count). The fourth-order valence-corrected chi connectivity index (χ4v) is 3.18. The molecule has 0 aliphatic rings. The van der Waals surface area contributed by atoms with Crippen LogP contribution in [-0.2, 0) is 4.43 Å². The highest BCUT2D eigenvalue weighted by Gasteiger charge is 2.36. The zero-order valence-electron chi connectivity index (χ0n) is 16.5. The number of allylic oxidation sites excluding steroid dienone is 1. The molecule has 5 nitrogen and oxygen atoms in total. The van der Waals surface area contributed by atoms with E-state index in [4.69, 9.17) is 4.43 Å². The average Bonchev–Trinajstić information content (AvgIpc) is 2.46. The summed E-state index contributed by atoms with van der Waals surface area (Å²) in [5.41, 5.74) is 2.34. The van der Waals surface area contributed by atoms with Crippen molar-refractivity contribution in [1.82, 2.24) is 4.98 Å². The molecule has 25 heavy (non-hydrogen) atoms. The normalized spacial score (nSPS) is 12.6. The van der Waals surface area contributed by atoms with Crippen molar-refractivity contribution in [2.45, 2.75) is 59.2 Å². The van der Waals surface area contributed by atoms with Crippen LogP contribution in [0.15, 0.2) is 18.9 Å². The third kappa shape index (κ3) is 5.34. The monoisotopic (exact) mass is 362 g/mol. The topological polar surface area (TPSA) is 65.3 Å². The van der Waals surface area contributed by atoms with Crippen molar-refractivity contribution in [3.63, 3.8) is 0 Å². The molecular formula is C19H30N2O3Si. The van der Waals surface area contributed by atoms with Crippen molar-refractivity contribution in [2.75, 3.05) is 6.61 Å². The van der Waals surface area contributed by atoms with Crippen LogP contribution in [0, 0.1) is 17.0 Å². The van der Waals surface area contributed by atoms with Gasteiger partial charge in [-0.2, -0.15) is 0 Å². The zero-order chi connectivity index (χ0) is 19.4. The lowest BCUT2D eigenvalue weighted by Crippen LogP contribution is -2.40. The predicted octanol–water partition coefficient (Wildman–Crippen LogP) is 5.76. The molecular weight excluding hydrogens is 332 g/mol. The van der Waals surface area contributed by atoms with Gasteiger partial charge < -0.3 is 4.43 Å².